The number of Topliss-reactive ketones (excluding diaryl/α,β-unsaturated/α-hetero) is 1. The van der Waals surface area contributed by atoms with Gasteiger partial charge in [-0.05, 0) is 38.8 Å². The molecule has 0 fully saturated rings. The van der Waals surface area contributed by atoms with E-state index < -0.39 is 0 Å². The van der Waals surface area contributed by atoms with Crippen molar-refractivity contribution >= 4 is 17.5 Å². The average Bonchev–Trinajstić information content (AvgIpc) is 2.43. The van der Waals surface area contributed by atoms with Crippen LogP contribution >= 0.6 is 11.8 Å². The Bertz CT molecular complexity index is 704. The van der Waals surface area contributed by atoms with Gasteiger partial charge in [0.25, 0.3) is 0 Å². The molecule has 21 heavy (non-hydrogen) atoms. The van der Waals surface area contributed by atoms with E-state index in [2.05, 4.69) is 11.1 Å². The molecule has 0 aliphatic carbocycles. The van der Waals surface area contributed by atoms with Crippen molar-refractivity contribution in [1.29, 1.82) is 10.5 Å². The van der Waals surface area contributed by atoms with E-state index in [4.69, 9.17) is 11.0 Å². The van der Waals surface area contributed by atoms with Gasteiger partial charge >= 0.3 is 0 Å². The third-order valence-corrected chi connectivity index (χ3v) is 4.18. The smallest absolute Gasteiger partial charge is 0.185 e. The maximum atomic E-state index is 11.9. The summed E-state index contributed by atoms with van der Waals surface area (Å²) in [6, 6.07) is 3.93. The van der Waals surface area contributed by atoms with E-state index in [1.807, 2.05) is 20.8 Å². The van der Waals surface area contributed by atoms with E-state index in [0.29, 0.717) is 10.6 Å². The zero-order chi connectivity index (χ0) is 16.2. The van der Waals surface area contributed by atoms with Crippen LogP contribution in [-0.4, -0.2) is 16.5 Å². The molecular formula is C15H16N4OS. The molecule has 0 atom stereocenters. The topological polar surface area (TPSA) is 104 Å². The second kappa shape index (κ2) is 6.92. The highest BCUT2D eigenvalue weighted by molar-refractivity contribution is 8.00. The highest BCUT2D eigenvalue weighted by Gasteiger charge is 2.16. The van der Waals surface area contributed by atoms with E-state index in [1.54, 1.807) is 6.07 Å². The van der Waals surface area contributed by atoms with Crippen LogP contribution in [0.25, 0.3) is 0 Å². The van der Waals surface area contributed by atoms with Crippen LogP contribution in [-0.2, 0) is 4.79 Å². The minimum absolute atomic E-state index is 0.0288. The Balaban J connectivity index is 3.07. The Morgan fingerprint density at radius 3 is 2.38 bits per heavy atom. The Morgan fingerprint density at radius 1 is 1.29 bits per heavy atom. The quantitative estimate of drug-likeness (QED) is 0.520. The fourth-order valence-corrected chi connectivity index (χ4v) is 2.68. The molecule has 2 N–H and O–H groups in total. The summed E-state index contributed by atoms with van der Waals surface area (Å²) in [6.45, 7) is 7.14. The number of rotatable bonds is 4. The molecule has 5 nitrogen and oxygen atoms in total. The van der Waals surface area contributed by atoms with Crippen molar-refractivity contribution in [3.8, 4) is 12.1 Å². The van der Waals surface area contributed by atoms with Crippen molar-refractivity contribution in [2.45, 2.75) is 32.7 Å². The first kappa shape index (κ1) is 16.7. The fourth-order valence-electron chi connectivity index (χ4n) is 1.72. The second-order valence-corrected chi connectivity index (χ2v) is 5.58. The number of aromatic nitrogens is 1. The number of nitriles is 2. The number of thioether (sulfide) groups is 1. The summed E-state index contributed by atoms with van der Waals surface area (Å²) in [4.78, 5) is 16.3. The van der Waals surface area contributed by atoms with Crippen LogP contribution in [0, 0.1) is 43.4 Å². The van der Waals surface area contributed by atoms with Gasteiger partial charge in [-0.1, -0.05) is 11.8 Å². The molecule has 1 heterocycles. The van der Waals surface area contributed by atoms with Crippen LogP contribution in [0.15, 0.2) is 16.3 Å². The number of aryl methyl sites for hydroxylation is 1. The number of carbonyl (C=O) groups excluding carboxylic acids is 1. The maximum Gasteiger partial charge on any atom is 0.185 e. The third-order valence-electron chi connectivity index (χ3n) is 3.20. The summed E-state index contributed by atoms with van der Waals surface area (Å²) in [5.74, 6) is -0.329. The van der Waals surface area contributed by atoms with Crippen LogP contribution in [0.5, 0.6) is 0 Å². The van der Waals surface area contributed by atoms with Gasteiger partial charge in [0.15, 0.2) is 5.78 Å². The van der Waals surface area contributed by atoms with Gasteiger partial charge in [-0.15, -0.1) is 0 Å². The number of ketones is 1. The highest BCUT2D eigenvalue weighted by atomic mass is 32.2. The minimum Gasteiger partial charge on any atom is -0.401 e. The zero-order valence-electron chi connectivity index (χ0n) is 12.4. The molecule has 0 bridgehead atoms. The molecule has 1 aromatic heterocycles. The Kier molecular flexibility index (Phi) is 5.52. The number of pyridine rings is 1. The molecule has 0 saturated carbocycles. The molecule has 0 aliphatic heterocycles. The lowest BCUT2D eigenvalue weighted by atomic mass is 10.1. The molecule has 108 valence electrons. The van der Waals surface area contributed by atoms with Crippen molar-refractivity contribution in [3.63, 3.8) is 0 Å². The molecule has 0 unspecified atom stereocenters. The molecule has 1 rings (SSSR count). The first-order valence-electron chi connectivity index (χ1n) is 6.23. The lowest BCUT2D eigenvalue weighted by molar-refractivity contribution is -0.112. The van der Waals surface area contributed by atoms with Crippen molar-refractivity contribution in [1.82, 2.24) is 4.98 Å². The van der Waals surface area contributed by atoms with Crippen LogP contribution in [0.1, 0.15) is 29.3 Å². The van der Waals surface area contributed by atoms with Crippen molar-refractivity contribution < 1.29 is 4.79 Å². The Morgan fingerprint density at radius 2 is 1.90 bits per heavy atom. The van der Waals surface area contributed by atoms with Gasteiger partial charge in [-0.3, -0.25) is 4.79 Å². The fraction of sp³-hybridized carbons (Fsp3) is 0.333. The summed E-state index contributed by atoms with van der Waals surface area (Å²) >= 11 is 1.15. The zero-order valence-corrected chi connectivity index (χ0v) is 13.3. The molecule has 0 aliphatic rings. The number of hydrogen-bond donors (Lipinski definition) is 1. The number of nitrogens with two attached hydrogens (primary N) is 1. The van der Waals surface area contributed by atoms with Gasteiger partial charge in [0.1, 0.15) is 22.7 Å². The maximum absolute atomic E-state index is 11.9. The monoisotopic (exact) mass is 300 g/mol. The largest absolute Gasteiger partial charge is 0.401 e. The summed E-state index contributed by atoms with van der Waals surface area (Å²) in [7, 11) is 0. The van der Waals surface area contributed by atoms with Crippen LogP contribution in [0.3, 0.4) is 0 Å². The van der Waals surface area contributed by atoms with Crippen molar-refractivity contribution in [3.05, 3.63) is 33.7 Å². The number of carbonyl (C=O) groups is 1. The average molecular weight is 300 g/mol. The summed E-state index contributed by atoms with van der Waals surface area (Å²) in [5.41, 5.74) is 8.80. The highest BCUT2D eigenvalue weighted by Crippen LogP contribution is 2.26. The lowest BCUT2D eigenvalue weighted by Gasteiger charge is -2.10. The molecule has 1 aromatic rings. The molecule has 0 amide bonds. The first-order valence-corrected chi connectivity index (χ1v) is 7.22. The third kappa shape index (κ3) is 3.62. The van der Waals surface area contributed by atoms with Gasteiger partial charge in [0, 0.05) is 11.4 Å². The second-order valence-electron chi connectivity index (χ2n) is 4.62. The van der Waals surface area contributed by atoms with Gasteiger partial charge in [0.05, 0.1) is 11.3 Å². The van der Waals surface area contributed by atoms with Crippen LogP contribution < -0.4 is 5.73 Å². The molecule has 0 saturated heterocycles. The summed E-state index contributed by atoms with van der Waals surface area (Å²) in [5, 5.41) is 18.7. The van der Waals surface area contributed by atoms with Crippen molar-refractivity contribution in [2.75, 3.05) is 5.75 Å². The van der Waals surface area contributed by atoms with E-state index in [-0.39, 0.29) is 22.8 Å². The van der Waals surface area contributed by atoms with E-state index in [1.165, 1.54) is 6.92 Å². The van der Waals surface area contributed by atoms with Gasteiger partial charge < -0.3 is 5.73 Å². The van der Waals surface area contributed by atoms with Crippen LogP contribution in [0.4, 0.5) is 0 Å². The lowest BCUT2D eigenvalue weighted by Crippen LogP contribution is -2.11. The number of allylic oxidation sites excluding steroid dienone is 2. The van der Waals surface area contributed by atoms with Gasteiger partial charge in [-0.2, -0.15) is 10.5 Å². The number of nitrogens with zero attached hydrogens (tertiary/aromatic N) is 3. The number of hydrogen-bond acceptors (Lipinski definition) is 6. The molecule has 0 spiro atoms. The first-order chi connectivity index (χ1) is 9.83. The minimum atomic E-state index is -0.357. The standard InChI is InChI=1S/C15H16N4OS/c1-8-9(2)12(5-16)15(19-11(8)4)21-7-14(20)13(6-17)10(3)18/h7,18H2,1-4H3/b13-10+. The Hall–Kier alpha value is -2.31. The SMILES string of the molecule is C/C(N)=C(/C#N)C(=O)CSc1nc(C)c(C)c(C)c1C#N. The summed E-state index contributed by atoms with van der Waals surface area (Å²) in [6.07, 6.45) is 0. The van der Waals surface area contributed by atoms with E-state index in [9.17, 15) is 10.1 Å². The summed E-state index contributed by atoms with van der Waals surface area (Å²) < 4.78 is 0. The van der Waals surface area contributed by atoms with E-state index >= 15 is 0 Å². The predicted molar refractivity (Wildman–Crippen MR) is 81.4 cm³/mol. The van der Waals surface area contributed by atoms with Crippen molar-refractivity contribution in [2.24, 2.45) is 5.73 Å². The molecule has 0 radical (unpaired) electrons. The predicted octanol–water partition coefficient (Wildman–Crippen LogP) is 2.30. The Labute approximate surface area is 128 Å². The van der Waals surface area contributed by atoms with Gasteiger partial charge in [0.2, 0.25) is 0 Å². The molecule has 6 heteroatoms. The van der Waals surface area contributed by atoms with E-state index in [0.717, 1.165) is 28.6 Å². The van der Waals surface area contributed by atoms with Gasteiger partial charge in [-0.25, -0.2) is 4.98 Å². The molecular weight excluding hydrogens is 284 g/mol. The molecule has 0 aromatic carbocycles. The van der Waals surface area contributed by atoms with Crippen LogP contribution in [0.2, 0.25) is 0 Å². The normalized spacial score (nSPS) is 11.3.